The van der Waals surface area contributed by atoms with E-state index >= 15 is 0 Å². The third-order valence-electron chi connectivity index (χ3n) is 5.79. The summed E-state index contributed by atoms with van der Waals surface area (Å²) in [7, 11) is 0. The number of benzene rings is 1. The number of H-pyrrole nitrogens is 1. The molecular formula is C21H30N4O. The van der Waals surface area contributed by atoms with Crippen LogP contribution >= 0.6 is 0 Å². The molecular weight excluding hydrogens is 324 g/mol. The van der Waals surface area contributed by atoms with Crippen molar-refractivity contribution in [2.45, 2.75) is 70.6 Å². The molecule has 1 saturated carbocycles. The molecule has 1 atom stereocenters. The van der Waals surface area contributed by atoms with Crippen LogP contribution < -0.4 is 0 Å². The number of ether oxygens (including phenoxy) is 1. The zero-order chi connectivity index (χ0) is 17.8. The van der Waals surface area contributed by atoms with Crippen molar-refractivity contribution in [1.29, 1.82) is 0 Å². The standard InChI is InChI=1S/C21H30N4O/c1-16-22-21(24-23-16)18-11-12-25(14-18)13-17-7-5-6-8-19(17)15-26-20-9-3-2-4-10-20/h5-8,18,20H,2-4,9-15H2,1H3,(H,22,23,24). The number of hydrogen-bond donors (Lipinski definition) is 1. The zero-order valence-electron chi connectivity index (χ0n) is 15.8. The van der Waals surface area contributed by atoms with Gasteiger partial charge in [-0.15, -0.1) is 0 Å². The molecule has 0 spiro atoms. The van der Waals surface area contributed by atoms with Crippen molar-refractivity contribution in [2.75, 3.05) is 13.1 Å². The lowest BCUT2D eigenvalue weighted by molar-refractivity contribution is 0.0163. The first-order valence-electron chi connectivity index (χ1n) is 10.1. The van der Waals surface area contributed by atoms with Gasteiger partial charge in [-0.1, -0.05) is 43.5 Å². The Kier molecular flexibility index (Phi) is 5.65. The number of aryl methyl sites for hydroxylation is 1. The van der Waals surface area contributed by atoms with Crippen LogP contribution in [0.4, 0.5) is 0 Å². The molecule has 1 aliphatic carbocycles. The summed E-state index contributed by atoms with van der Waals surface area (Å²) < 4.78 is 6.22. The van der Waals surface area contributed by atoms with Crippen LogP contribution in [0.25, 0.3) is 0 Å². The van der Waals surface area contributed by atoms with E-state index in [9.17, 15) is 0 Å². The summed E-state index contributed by atoms with van der Waals surface area (Å²) >= 11 is 0. The lowest BCUT2D eigenvalue weighted by Crippen LogP contribution is -2.21. The van der Waals surface area contributed by atoms with Gasteiger partial charge in [0.25, 0.3) is 0 Å². The van der Waals surface area contributed by atoms with Crippen molar-refractivity contribution in [3.8, 4) is 0 Å². The van der Waals surface area contributed by atoms with Crippen LogP contribution in [0.5, 0.6) is 0 Å². The average Bonchev–Trinajstić information content (AvgIpc) is 3.31. The van der Waals surface area contributed by atoms with E-state index in [0.717, 1.165) is 44.3 Å². The van der Waals surface area contributed by atoms with Crippen molar-refractivity contribution in [1.82, 2.24) is 20.1 Å². The van der Waals surface area contributed by atoms with E-state index in [4.69, 9.17) is 4.74 Å². The summed E-state index contributed by atoms with van der Waals surface area (Å²) in [5.74, 6) is 2.33. The lowest BCUT2D eigenvalue weighted by atomic mass is 9.98. The molecule has 4 rings (SSSR count). The molecule has 2 aliphatic rings. The maximum atomic E-state index is 6.22. The van der Waals surface area contributed by atoms with Gasteiger partial charge < -0.3 is 4.74 Å². The summed E-state index contributed by atoms with van der Waals surface area (Å²) in [6.45, 7) is 5.85. The predicted octanol–water partition coefficient (Wildman–Crippen LogP) is 3.95. The molecule has 1 aromatic carbocycles. The highest BCUT2D eigenvalue weighted by Gasteiger charge is 2.27. The van der Waals surface area contributed by atoms with E-state index in [-0.39, 0.29) is 0 Å². The van der Waals surface area contributed by atoms with Gasteiger partial charge >= 0.3 is 0 Å². The van der Waals surface area contributed by atoms with Crippen LogP contribution in [-0.2, 0) is 17.9 Å². The average molecular weight is 354 g/mol. The first-order chi connectivity index (χ1) is 12.8. The maximum absolute atomic E-state index is 6.22. The Morgan fingerprint density at radius 3 is 2.69 bits per heavy atom. The lowest BCUT2D eigenvalue weighted by Gasteiger charge is -2.23. The van der Waals surface area contributed by atoms with Gasteiger partial charge in [0, 0.05) is 19.0 Å². The van der Waals surface area contributed by atoms with E-state index in [1.807, 2.05) is 6.92 Å². The summed E-state index contributed by atoms with van der Waals surface area (Å²) in [4.78, 5) is 7.04. The van der Waals surface area contributed by atoms with Gasteiger partial charge in [0.1, 0.15) is 5.82 Å². The smallest absolute Gasteiger partial charge is 0.155 e. The molecule has 1 saturated heterocycles. The Labute approximate surface area is 156 Å². The number of hydrogen-bond acceptors (Lipinski definition) is 4. The van der Waals surface area contributed by atoms with Crippen LogP contribution in [0.3, 0.4) is 0 Å². The normalized spacial score (nSPS) is 22.1. The maximum Gasteiger partial charge on any atom is 0.155 e. The topological polar surface area (TPSA) is 54.0 Å². The van der Waals surface area contributed by atoms with E-state index < -0.39 is 0 Å². The Hall–Kier alpha value is -1.72. The van der Waals surface area contributed by atoms with Gasteiger partial charge in [-0.2, -0.15) is 5.10 Å². The second-order valence-electron chi connectivity index (χ2n) is 7.84. The van der Waals surface area contributed by atoms with Crippen LogP contribution in [0.15, 0.2) is 24.3 Å². The van der Waals surface area contributed by atoms with E-state index in [2.05, 4.69) is 44.3 Å². The zero-order valence-corrected chi connectivity index (χ0v) is 15.8. The van der Waals surface area contributed by atoms with Gasteiger partial charge in [0.2, 0.25) is 0 Å². The second-order valence-corrected chi connectivity index (χ2v) is 7.84. The largest absolute Gasteiger partial charge is 0.374 e. The summed E-state index contributed by atoms with van der Waals surface area (Å²) in [5, 5.41) is 7.33. The number of aromatic amines is 1. The molecule has 0 radical (unpaired) electrons. The van der Waals surface area contributed by atoms with Gasteiger partial charge in [-0.25, -0.2) is 4.98 Å². The molecule has 2 fully saturated rings. The highest BCUT2D eigenvalue weighted by atomic mass is 16.5. The van der Waals surface area contributed by atoms with Crippen molar-refractivity contribution in [2.24, 2.45) is 0 Å². The fourth-order valence-electron chi connectivity index (χ4n) is 4.26. The summed E-state index contributed by atoms with van der Waals surface area (Å²) in [6.07, 6.45) is 8.07. The Bertz CT molecular complexity index is 708. The van der Waals surface area contributed by atoms with Gasteiger partial charge in [-0.3, -0.25) is 10.00 Å². The van der Waals surface area contributed by atoms with Crippen LogP contribution in [-0.4, -0.2) is 39.3 Å². The monoisotopic (exact) mass is 354 g/mol. The van der Waals surface area contributed by atoms with Crippen LogP contribution in [0, 0.1) is 6.92 Å². The SMILES string of the molecule is Cc1nc(C2CCN(Cc3ccccc3COC3CCCCC3)C2)n[nH]1. The number of aromatic nitrogens is 3. The van der Waals surface area contributed by atoms with E-state index in [0.29, 0.717) is 12.0 Å². The minimum atomic E-state index is 0.450. The van der Waals surface area contributed by atoms with E-state index in [1.165, 1.54) is 43.2 Å². The highest BCUT2D eigenvalue weighted by Crippen LogP contribution is 2.27. The summed E-state index contributed by atoms with van der Waals surface area (Å²) in [5.41, 5.74) is 2.74. The molecule has 1 N–H and O–H groups in total. The number of likely N-dealkylation sites (tertiary alicyclic amines) is 1. The third kappa shape index (κ3) is 4.33. The molecule has 1 aromatic heterocycles. The molecule has 2 aromatic rings. The Morgan fingerprint density at radius 2 is 1.92 bits per heavy atom. The quantitative estimate of drug-likeness (QED) is 0.853. The molecule has 0 bridgehead atoms. The number of rotatable bonds is 6. The van der Waals surface area contributed by atoms with Gasteiger partial charge in [-0.05, 0) is 43.9 Å². The molecule has 5 nitrogen and oxygen atoms in total. The van der Waals surface area contributed by atoms with Crippen molar-refractivity contribution in [3.05, 3.63) is 47.0 Å². The molecule has 26 heavy (non-hydrogen) atoms. The molecule has 1 unspecified atom stereocenters. The molecule has 5 heteroatoms. The fraction of sp³-hybridized carbons (Fsp3) is 0.619. The molecule has 1 aliphatic heterocycles. The number of nitrogens with one attached hydrogen (secondary N) is 1. The number of nitrogens with zero attached hydrogens (tertiary/aromatic N) is 3. The Morgan fingerprint density at radius 1 is 1.12 bits per heavy atom. The fourth-order valence-corrected chi connectivity index (χ4v) is 4.26. The first kappa shape index (κ1) is 17.7. The molecule has 140 valence electrons. The van der Waals surface area contributed by atoms with Crippen molar-refractivity contribution in [3.63, 3.8) is 0 Å². The minimum absolute atomic E-state index is 0.450. The first-order valence-corrected chi connectivity index (χ1v) is 10.1. The highest BCUT2D eigenvalue weighted by molar-refractivity contribution is 5.26. The van der Waals surface area contributed by atoms with E-state index in [1.54, 1.807) is 0 Å². The van der Waals surface area contributed by atoms with Gasteiger partial charge in [0.05, 0.1) is 12.7 Å². The van der Waals surface area contributed by atoms with Crippen molar-refractivity contribution >= 4 is 0 Å². The second kappa shape index (κ2) is 8.31. The van der Waals surface area contributed by atoms with Gasteiger partial charge in [0.15, 0.2) is 5.82 Å². The predicted molar refractivity (Wildman–Crippen MR) is 102 cm³/mol. The van der Waals surface area contributed by atoms with Crippen LogP contribution in [0.1, 0.15) is 67.2 Å². The molecule has 0 amide bonds. The third-order valence-corrected chi connectivity index (χ3v) is 5.79. The summed E-state index contributed by atoms with van der Waals surface area (Å²) in [6, 6.07) is 8.76. The molecule has 2 heterocycles. The minimum Gasteiger partial charge on any atom is -0.374 e. The Balaban J connectivity index is 1.34. The van der Waals surface area contributed by atoms with Crippen LogP contribution in [0.2, 0.25) is 0 Å². The van der Waals surface area contributed by atoms with Crippen molar-refractivity contribution < 1.29 is 4.74 Å².